The van der Waals surface area contributed by atoms with E-state index in [1.54, 1.807) is 0 Å². The highest BCUT2D eigenvalue weighted by atomic mass is 15.1. The summed E-state index contributed by atoms with van der Waals surface area (Å²) in [7, 11) is 0. The molecule has 0 unspecified atom stereocenters. The molecule has 2 aromatic rings. The fourth-order valence-corrected chi connectivity index (χ4v) is 2.31. The van der Waals surface area contributed by atoms with Crippen LogP contribution in [0.5, 0.6) is 0 Å². The molecule has 0 saturated carbocycles. The third-order valence-electron chi connectivity index (χ3n) is 3.03. The van der Waals surface area contributed by atoms with E-state index in [0.29, 0.717) is 6.54 Å². The number of nitrogens with two attached hydrogens (primary N) is 1. The van der Waals surface area contributed by atoms with Gasteiger partial charge in [-0.1, -0.05) is 30.3 Å². The van der Waals surface area contributed by atoms with Crippen LogP contribution in [0.1, 0.15) is 5.56 Å². The van der Waals surface area contributed by atoms with Gasteiger partial charge in [0.05, 0.1) is 0 Å². The minimum atomic E-state index is 0.670. The second-order valence-corrected chi connectivity index (χ2v) is 4.02. The summed E-state index contributed by atoms with van der Waals surface area (Å²) in [5.41, 5.74) is 8.19. The maximum absolute atomic E-state index is 5.63. The normalized spacial score (nSPS) is 13.4. The van der Waals surface area contributed by atoms with Gasteiger partial charge in [0.2, 0.25) is 0 Å². The number of hydrogen-bond acceptors (Lipinski definition) is 2. The van der Waals surface area contributed by atoms with Gasteiger partial charge in [-0.25, -0.2) is 0 Å². The van der Waals surface area contributed by atoms with Crippen molar-refractivity contribution in [3.05, 3.63) is 48.2 Å². The van der Waals surface area contributed by atoms with Gasteiger partial charge >= 0.3 is 0 Å². The van der Waals surface area contributed by atoms with Crippen LogP contribution in [0.3, 0.4) is 0 Å². The molecule has 0 aromatic heterocycles. The maximum Gasteiger partial charge on any atom is 0.0492 e. The van der Waals surface area contributed by atoms with Crippen molar-refractivity contribution in [1.29, 1.82) is 0 Å². The molecule has 0 fully saturated rings. The maximum atomic E-state index is 5.63. The molecule has 2 heteroatoms. The molecule has 0 bridgehead atoms. The fourth-order valence-electron chi connectivity index (χ4n) is 2.31. The molecular weight excluding hydrogens is 196 g/mol. The van der Waals surface area contributed by atoms with E-state index < -0.39 is 0 Å². The van der Waals surface area contributed by atoms with Crippen molar-refractivity contribution in [3.63, 3.8) is 0 Å². The van der Waals surface area contributed by atoms with Gasteiger partial charge in [-0.2, -0.15) is 0 Å². The number of hydrogen-bond donors (Lipinski definition) is 1. The first-order valence-corrected chi connectivity index (χ1v) is 5.57. The van der Waals surface area contributed by atoms with Crippen LogP contribution in [-0.2, 0) is 0 Å². The Kier molecular flexibility index (Phi) is 2.15. The highest BCUT2D eigenvalue weighted by Gasteiger charge is 2.13. The largest absolute Gasteiger partial charge is 0.346 e. The van der Waals surface area contributed by atoms with Crippen LogP contribution in [0, 0.1) is 0 Å². The summed E-state index contributed by atoms with van der Waals surface area (Å²) in [6.07, 6.45) is 4.27. The molecule has 16 heavy (non-hydrogen) atoms. The Morgan fingerprint density at radius 2 is 1.88 bits per heavy atom. The number of benzene rings is 2. The molecule has 0 atom stereocenters. The minimum Gasteiger partial charge on any atom is -0.346 e. The lowest BCUT2D eigenvalue weighted by molar-refractivity contribution is 0.920. The Hall–Kier alpha value is -1.80. The lowest BCUT2D eigenvalue weighted by atomic mass is 10.00. The van der Waals surface area contributed by atoms with Crippen molar-refractivity contribution >= 4 is 22.5 Å². The average Bonchev–Trinajstić information content (AvgIpc) is 2.33. The molecule has 1 aliphatic heterocycles. The molecule has 1 aliphatic rings. The van der Waals surface area contributed by atoms with Gasteiger partial charge in [0.25, 0.3) is 0 Å². The van der Waals surface area contributed by atoms with Gasteiger partial charge in [0.15, 0.2) is 0 Å². The van der Waals surface area contributed by atoms with E-state index in [-0.39, 0.29) is 0 Å². The van der Waals surface area contributed by atoms with Gasteiger partial charge in [-0.3, -0.25) is 0 Å². The first-order chi connectivity index (χ1) is 7.90. The third kappa shape index (κ3) is 1.31. The Balaban J connectivity index is 2.27. The molecule has 0 spiro atoms. The summed E-state index contributed by atoms with van der Waals surface area (Å²) in [4.78, 5) is 2.22. The molecule has 1 heterocycles. The van der Waals surface area contributed by atoms with Crippen molar-refractivity contribution in [2.24, 2.45) is 5.73 Å². The van der Waals surface area contributed by atoms with E-state index >= 15 is 0 Å². The van der Waals surface area contributed by atoms with Crippen LogP contribution in [0.4, 0.5) is 5.69 Å². The summed E-state index contributed by atoms with van der Waals surface area (Å²) in [5.74, 6) is 0. The third-order valence-corrected chi connectivity index (χ3v) is 3.03. The Morgan fingerprint density at radius 1 is 1.06 bits per heavy atom. The predicted octanol–water partition coefficient (Wildman–Crippen LogP) is 2.59. The number of rotatable bonds is 2. The summed E-state index contributed by atoms with van der Waals surface area (Å²) in [6, 6.07) is 12.8. The smallest absolute Gasteiger partial charge is 0.0492 e. The van der Waals surface area contributed by atoms with E-state index in [2.05, 4.69) is 53.6 Å². The minimum absolute atomic E-state index is 0.670. The predicted molar refractivity (Wildman–Crippen MR) is 69.4 cm³/mol. The average molecular weight is 210 g/mol. The second kappa shape index (κ2) is 3.65. The highest BCUT2D eigenvalue weighted by molar-refractivity contribution is 6.02. The van der Waals surface area contributed by atoms with Crippen molar-refractivity contribution in [2.75, 3.05) is 18.0 Å². The molecule has 0 amide bonds. The van der Waals surface area contributed by atoms with Crippen LogP contribution >= 0.6 is 0 Å². The lowest BCUT2D eigenvalue weighted by Crippen LogP contribution is -2.25. The van der Waals surface area contributed by atoms with E-state index in [1.165, 1.54) is 22.0 Å². The number of nitrogens with zero attached hydrogens (tertiary/aromatic N) is 1. The number of anilines is 1. The van der Waals surface area contributed by atoms with Crippen molar-refractivity contribution in [1.82, 2.24) is 0 Å². The standard InChI is InChI=1S/C14H14N2/c15-8-10-16-9-7-12-4-1-3-11-5-2-6-13(16)14(11)12/h1-7,9H,8,10,15H2. The van der Waals surface area contributed by atoms with Crippen molar-refractivity contribution in [2.45, 2.75) is 0 Å². The molecule has 3 rings (SSSR count). The molecular formula is C14H14N2. The van der Waals surface area contributed by atoms with Crippen molar-refractivity contribution < 1.29 is 0 Å². The first kappa shape index (κ1) is 9.43. The Labute approximate surface area is 95.0 Å². The first-order valence-electron chi connectivity index (χ1n) is 5.57. The Bertz CT molecular complexity index is 552. The SMILES string of the molecule is NCCN1C=Cc2cccc3cccc1c23. The van der Waals surface area contributed by atoms with Gasteiger partial charge in [0.1, 0.15) is 0 Å². The zero-order valence-corrected chi connectivity index (χ0v) is 9.06. The summed E-state index contributed by atoms with van der Waals surface area (Å²) < 4.78 is 0. The highest BCUT2D eigenvalue weighted by Crippen LogP contribution is 2.33. The van der Waals surface area contributed by atoms with Gasteiger partial charge in [-0.15, -0.1) is 0 Å². The van der Waals surface area contributed by atoms with Crippen LogP contribution in [-0.4, -0.2) is 13.1 Å². The molecule has 0 saturated heterocycles. The van der Waals surface area contributed by atoms with Gasteiger partial charge < -0.3 is 10.6 Å². The van der Waals surface area contributed by atoms with E-state index in [9.17, 15) is 0 Å². The van der Waals surface area contributed by atoms with Crippen molar-refractivity contribution in [3.8, 4) is 0 Å². The summed E-state index contributed by atoms with van der Waals surface area (Å²) in [5, 5.41) is 2.63. The fraction of sp³-hybridized carbons (Fsp3) is 0.143. The summed E-state index contributed by atoms with van der Waals surface area (Å²) in [6.45, 7) is 1.53. The summed E-state index contributed by atoms with van der Waals surface area (Å²) >= 11 is 0. The van der Waals surface area contributed by atoms with Crippen LogP contribution in [0.25, 0.3) is 16.8 Å². The zero-order valence-electron chi connectivity index (χ0n) is 9.06. The zero-order chi connectivity index (χ0) is 11.0. The Morgan fingerprint density at radius 3 is 2.69 bits per heavy atom. The van der Waals surface area contributed by atoms with E-state index in [1.807, 2.05) is 0 Å². The van der Waals surface area contributed by atoms with Crippen LogP contribution < -0.4 is 10.6 Å². The second-order valence-electron chi connectivity index (χ2n) is 4.02. The van der Waals surface area contributed by atoms with Crippen LogP contribution in [0.15, 0.2) is 42.6 Å². The van der Waals surface area contributed by atoms with Gasteiger partial charge in [-0.05, 0) is 23.1 Å². The molecule has 0 aliphatic carbocycles. The molecule has 2 nitrogen and oxygen atoms in total. The van der Waals surface area contributed by atoms with E-state index in [4.69, 9.17) is 5.73 Å². The molecule has 2 aromatic carbocycles. The topological polar surface area (TPSA) is 29.3 Å². The van der Waals surface area contributed by atoms with E-state index in [0.717, 1.165) is 6.54 Å². The molecule has 0 radical (unpaired) electrons. The quantitative estimate of drug-likeness (QED) is 0.825. The molecule has 80 valence electrons. The molecule has 2 N–H and O–H groups in total. The monoisotopic (exact) mass is 210 g/mol. The van der Waals surface area contributed by atoms with Gasteiger partial charge in [0, 0.05) is 30.4 Å². The lowest BCUT2D eigenvalue weighted by Gasteiger charge is -2.25. The van der Waals surface area contributed by atoms with Crippen LogP contribution in [0.2, 0.25) is 0 Å².